The number of hydrogen-bond acceptors (Lipinski definition) is 5. The molecule has 4 aliphatic rings. The van der Waals surface area contributed by atoms with Gasteiger partial charge in [0.15, 0.2) is 5.78 Å². The van der Waals surface area contributed by atoms with Crippen molar-refractivity contribution < 1.29 is 23.9 Å². The van der Waals surface area contributed by atoms with Gasteiger partial charge in [0.25, 0.3) is 0 Å². The summed E-state index contributed by atoms with van der Waals surface area (Å²) in [6.45, 7) is 8.22. The van der Waals surface area contributed by atoms with E-state index in [1.807, 2.05) is 6.08 Å². The summed E-state index contributed by atoms with van der Waals surface area (Å²) < 4.78 is 11.8. The third-order valence-corrected chi connectivity index (χ3v) is 8.99. The summed E-state index contributed by atoms with van der Waals surface area (Å²) in [5.74, 6) is 1.28. The number of carbonyl (C=O) groups excluding carboxylic acids is 3. The predicted octanol–water partition coefficient (Wildman–Crippen LogP) is 4.77. The Morgan fingerprint density at radius 3 is 2.40 bits per heavy atom. The molecule has 0 saturated heterocycles. The highest BCUT2D eigenvalue weighted by Gasteiger charge is 2.63. The zero-order valence-corrected chi connectivity index (χ0v) is 18.9. The fourth-order valence-electron chi connectivity index (χ4n) is 7.30. The van der Waals surface area contributed by atoms with Gasteiger partial charge >= 0.3 is 11.9 Å². The van der Waals surface area contributed by atoms with Crippen molar-refractivity contribution in [2.45, 2.75) is 97.7 Å². The molecule has 3 fully saturated rings. The first kappa shape index (κ1) is 21.6. The molecule has 3 saturated carbocycles. The fourth-order valence-corrected chi connectivity index (χ4v) is 7.30. The molecule has 5 nitrogen and oxygen atoms in total. The first-order valence-corrected chi connectivity index (χ1v) is 11.9. The fraction of sp³-hybridized carbons (Fsp3) is 0.800. The molecular weight excluding hydrogens is 380 g/mol. The van der Waals surface area contributed by atoms with Gasteiger partial charge in [-0.3, -0.25) is 14.4 Å². The molecule has 0 heterocycles. The van der Waals surface area contributed by atoms with E-state index in [2.05, 4.69) is 13.8 Å². The molecule has 7 atom stereocenters. The number of esters is 2. The van der Waals surface area contributed by atoms with E-state index in [4.69, 9.17) is 9.47 Å². The highest BCUT2D eigenvalue weighted by Crippen LogP contribution is 2.66. The molecule has 0 bridgehead atoms. The summed E-state index contributed by atoms with van der Waals surface area (Å²) in [7, 11) is 0. The molecule has 0 radical (unpaired) electrons. The molecule has 0 aromatic carbocycles. The molecule has 5 heteroatoms. The normalized spacial score (nSPS) is 42.5. The van der Waals surface area contributed by atoms with Gasteiger partial charge in [-0.2, -0.15) is 0 Å². The summed E-state index contributed by atoms with van der Waals surface area (Å²) >= 11 is 0. The van der Waals surface area contributed by atoms with Crippen LogP contribution in [0.2, 0.25) is 0 Å². The summed E-state index contributed by atoms with van der Waals surface area (Å²) in [5, 5.41) is 0. The monoisotopic (exact) mass is 416 g/mol. The Labute approximate surface area is 179 Å². The third-order valence-electron chi connectivity index (χ3n) is 8.99. The molecule has 30 heavy (non-hydrogen) atoms. The van der Waals surface area contributed by atoms with Crippen LogP contribution >= 0.6 is 0 Å². The standard InChI is InChI=1S/C25H36O5/c1-5-21(27)29-20-14-19-17-8-7-15-13-16(26)9-11-24(15,3)18(17)10-12-25(19,4)23(20)30-22(28)6-2/h13,17-20,23H,5-12,14H2,1-4H3/t17-,18+,19+,20-,23-,24+,25+/m1/s1. The summed E-state index contributed by atoms with van der Waals surface area (Å²) in [4.78, 5) is 36.4. The molecule has 4 rings (SSSR count). The number of ketones is 1. The van der Waals surface area contributed by atoms with Gasteiger partial charge in [0.2, 0.25) is 0 Å². The number of allylic oxidation sites excluding steroid dienone is 1. The van der Waals surface area contributed by atoms with Crippen molar-refractivity contribution >= 4 is 17.7 Å². The van der Waals surface area contributed by atoms with Crippen LogP contribution in [0.5, 0.6) is 0 Å². The molecule has 0 spiro atoms. The van der Waals surface area contributed by atoms with Crippen LogP contribution in [0.4, 0.5) is 0 Å². The van der Waals surface area contributed by atoms with Crippen LogP contribution in [-0.4, -0.2) is 29.9 Å². The molecule has 0 unspecified atom stereocenters. The van der Waals surface area contributed by atoms with Crippen molar-refractivity contribution in [2.75, 3.05) is 0 Å². The van der Waals surface area contributed by atoms with Crippen molar-refractivity contribution in [3.05, 3.63) is 11.6 Å². The second-order valence-electron chi connectivity index (χ2n) is 10.4. The number of ether oxygens (including phenoxy) is 2. The van der Waals surface area contributed by atoms with Crippen LogP contribution in [0.25, 0.3) is 0 Å². The Kier molecular flexibility index (Phi) is 5.61. The van der Waals surface area contributed by atoms with E-state index in [0.717, 1.165) is 38.5 Å². The van der Waals surface area contributed by atoms with Crippen molar-refractivity contribution in [3.63, 3.8) is 0 Å². The van der Waals surface area contributed by atoms with Crippen molar-refractivity contribution in [1.82, 2.24) is 0 Å². The van der Waals surface area contributed by atoms with Gasteiger partial charge in [0.1, 0.15) is 12.2 Å². The Morgan fingerprint density at radius 2 is 1.70 bits per heavy atom. The van der Waals surface area contributed by atoms with Crippen LogP contribution in [0.1, 0.15) is 85.5 Å². The first-order valence-electron chi connectivity index (χ1n) is 11.9. The van der Waals surface area contributed by atoms with Crippen LogP contribution < -0.4 is 0 Å². The summed E-state index contributed by atoms with van der Waals surface area (Å²) in [6, 6.07) is 0. The molecule has 0 amide bonds. The maximum Gasteiger partial charge on any atom is 0.305 e. The number of rotatable bonds is 4. The highest BCUT2D eigenvalue weighted by molar-refractivity contribution is 5.91. The second-order valence-corrected chi connectivity index (χ2v) is 10.4. The lowest BCUT2D eigenvalue weighted by Crippen LogP contribution is -2.52. The van der Waals surface area contributed by atoms with Crippen LogP contribution in [0.3, 0.4) is 0 Å². The second kappa shape index (κ2) is 7.80. The van der Waals surface area contributed by atoms with E-state index in [9.17, 15) is 14.4 Å². The number of hydrogen-bond donors (Lipinski definition) is 0. The minimum absolute atomic E-state index is 0.103. The van der Waals surface area contributed by atoms with Gasteiger partial charge in [0, 0.05) is 24.7 Å². The van der Waals surface area contributed by atoms with Gasteiger partial charge in [-0.1, -0.05) is 33.3 Å². The molecular formula is C25H36O5. The van der Waals surface area contributed by atoms with Crippen LogP contribution in [0, 0.1) is 28.6 Å². The van der Waals surface area contributed by atoms with E-state index < -0.39 is 0 Å². The predicted molar refractivity (Wildman–Crippen MR) is 112 cm³/mol. The van der Waals surface area contributed by atoms with Gasteiger partial charge < -0.3 is 9.47 Å². The largest absolute Gasteiger partial charge is 0.458 e. The topological polar surface area (TPSA) is 69.7 Å². The SMILES string of the molecule is CCC(=O)O[C@@H]1[C@H](OC(=O)CC)C[C@H]2[C@@H]3CCC4=CC(=O)CC[C@]4(C)[C@H]3CC[C@]12C. The first-order chi connectivity index (χ1) is 14.2. The quantitative estimate of drug-likeness (QED) is 0.617. The molecule has 0 aromatic heterocycles. The Hall–Kier alpha value is -1.65. The average Bonchev–Trinajstić information content (AvgIpc) is 2.99. The van der Waals surface area contributed by atoms with Crippen molar-refractivity contribution in [3.8, 4) is 0 Å². The van der Waals surface area contributed by atoms with E-state index >= 15 is 0 Å². The molecule has 0 aromatic rings. The molecule has 0 aliphatic heterocycles. The van der Waals surface area contributed by atoms with E-state index in [0.29, 0.717) is 37.0 Å². The van der Waals surface area contributed by atoms with Gasteiger partial charge in [-0.05, 0) is 67.8 Å². The summed E-state index contributed by atoms with van der Waals surface area (Å²) in [5.41, 5.74) is 1.29. The maximum atomic E-state index is 12.2. The van der Waals surface area contributed by atoms with Crippen LogP contribution in [0.15, 0.2) is 11.6 Å². The number of carbonyl (C=O) groups is 3. The lowest BCUT2D eigenvalue weighted by Gasteiger charge is -2.57. The number of fused-ring (bicyclic) bond motifs is 5. The third kappa shape index (κ3) is 3.33. The molecule has 166 valence electrons. The van der Waals surface area contributed by atoms with Crippen molar-refractivity contribution in [2.24, 2.45) is 28.6 Å². The lowest BCUT2D eigenvalue weighted by molar-refractivity contribution is -0.175. The average molecular weight is 417 g/mol. The maximum absolute atomic E-state index is 12.2. The lowest BCUT2D eigenvalue weighted by atomic mass is 9.47. The van der Waals surface area contributed by atoms with Gasteiger partial charge in [-0.15, -0.1) is 0 Å². The smallest absolute Gasteiger partial charge is 0.305 e. The Morgan fingerprint density at radius 1 is 1.00 bits per heavy atom. The van der Waals surface area contributed by atoms with Crippen LogP contribution in [-0.2, 0) is 23.9 Å². The van der Waals surface area contributed by atoms with Crippen molar-refractivity contribution in [1.29, 1.82) is 0 Å². The zero-order valence-electron chi connectivity index (χ0n) is 18.9. The highest BCUT2D eigenvalue weighted by atomic mass is 16.6. The minimum Gasteiger partial charge on any atom is -0.458 e. The minimum atomic E-state index is -0.357. The molecule has 4 aliphatic carbocycles. The van der Waals surface area contributed by atoms with E-state index in [1.54, 1.807) is 13.8 Å². The summed E-state index contributed by atoms with van der Waals surface area (Å²) in [6.07, 6.45) is 8.37. The van der Waals surface area contributed by atoms with Gasteiger partial charge in [0.05, 0.1) is 0 Å². The Balaban J connectivity index is 1.64. The Bertz CT molecular complexity index is 770. The van der Waals surface area contributed by atoms with Gasteiger partial charge in [-0.25, -0.2) is 0 Å². The van der Waals surface area contributed by atoms with E-state index in [1.165, 1.54) is 5.57 Å². The van der Waals surface area contributed by atoms with E-state index in [-0.39, 0.29) is 40.8 Å². The zero-order chi connectivity index (χ0) is 21.7. The molecule has 0 N–H and O–H groups in total.